The lowest BCUT2D eigenvalue weighted by molar-refractivity contribution is -0.125. The normalized spacial score (nSPS) is 22.7. The summed E-state index contributed by atoms with van der Waals surface area (Å²) in [6, 6.07) is 7.32. The Bertz CT molecular complexity index is 1150. The summed E-state index contributed by atoms with van der Waals surface area (Å²) >= 11 is 5.68. The second-order valence-corrected chi connectivity index (χ2v) is 9.68. The van der Waals surface area contributed by atoms with Gasteiger partial charge in [0.15, 0.2) is 5.69 Å². The standard InChI is InChI=1S/C25H30ClN5O5/c1-3-36-25(34)21-17-10-12-30(22-18-13-29(14-19(18)22)27-20(32)5-4-11-26)24(33)23(17)31(28-21)15-6-8-16(35-2)9-7-15/h6-9,18-19,22H,3-5,10-14H2,1-2H3,(H,27,32). The van der Waals surface area contributed by atoms with Crippen molar-refractivity contribution in [2.24, 2.45) is 11.8 Å². The first-order chi connectivity index (χ1) is 17.5. The van der Waals surface area contributed by atoms with Crippen LogP contribution >= 0.6 is 11.6 Å². The third kappa shape index (κ3) is 4.43. The largest absolute Gasteiger partial charge is 0.497 e. The zero-order valence-electron chi connectivity index (χ0n) is 20.4. The molecule has 192 valence electrons. The Kier molecular flexibility index (Phi) is 6.90. The monoisotopic (exact) mass is 515 g/mol. The van der Waals surface area contributed by atoms with Crippen LogP contribution in [-0.4, -0.2) is 82.7 Å². The smallest absolute Gasteiger partial charge is 0.359 e. The fourth-order valence-electron chi connectivity index (χ4n) is 5.44. The fraction of sp³-hybridized carbons (Fsp3) is 0.520. The molecule has 36 heavy (non-hydrogen) atoms. The van der Waals surface area contributed by atoms with E-state index in [2.05, 4.69) is 10.5 Å². The summed E-state index contributed by atoms with van der Waals surface area (Å²) in [6.45, 7) is 3.92. The van der Waals surface area contributed by atoms with Gasteiger partial charge < -0.3 is 14.4 Å². The molecule has 2 unspecified atom stereocenters. The first-order valence-corrected chi connectivity index (χ1v) is 12.8. The van der Waals surface area contributed by atoms with Gasteiger partial charge in [-0.1, -0.05) is 0 Å². The average molecular weight is 516 g/mol. The molecule has 10 nitrogen and oxygen atoms in total. The molecular formula is C25H30ClN5O5. The van der Waals surface area contributed by atoms with Crippen LogP contribution in [-0.2, 0) is 16.0 Å². The van der Waals surface area contributed by atoms with Gasteiger partial charge in [-0.3, -0.25) is 15.0 Å². The summed E-state index contributed by atoms with van der Waals surface area (Å²) in [4.78, 5) is 40.4. The molecule has 1 aromatic carbocycles. The zero-order valence-corrected chi connectivity index (χ0v) is 21.2. The number of piperidine rings is 1. The van der Waals surface area contributed by atoms with E-state index in [1.165, 1.54) is 0 Å². The molecule has 1 saturated heterocycles. The number of aromatic nitrogens is 2. The lowest BCUT2D eigenvalue weighted by atomic mass is 10.0. The molecule has 2 atom stereocenters. The lowest BCUT2D eigenvalue weighted by Gasteiger charge is -2.31. The number of carbonyl (C=O) groups is 3. The number of benzene rings is 1. The van der Waals surface area contributed by atoms with Gasteiger partial charge in [-0.05, 0) is 44.0 Å². The van der Waals surface area contributed by atoms with Gasteiger partial charge in [0, 0.05) is 55.4 Å². The Hall–Kier alpha value is -3.11. The molecule has 2 aliphatic heterocycles. The van der Waals surface area contributed by atoms with E-state index >= 15 is 0 Å². The molecule has 5 rings (SSSR count). The van der Waals surface area contributed by atoms with Crippen LogP contribution in [0, 0.1) is 11.8 Å². The quantitative estimate of drug-likeness (QED) is 0.402. The highest BCUT2D eigenvalue weighted by atomic mass is 35.5. The molecule has 0 radical (unpaired) electrons. The highest BCUT2D eigenvalue weighted by Crippen LogP contribution is 2.49. The highest BCUT2D eigenvalue weighted by molar-refractivity contribution is 6.17. The number of amides is 2. The number of fused-ring (bicyclic) bond motifs is 2. The first-order valence-electron chi connectivity index (χ1n) is 12.3. The second-order valence-electron chi connectivity index (χ2n) is 9.31. The van der Waals surface area contributed by atoms with Crippen LogP contribution in [0.3, 0.4) is 0 Å². The number of alkyl halides is 1. The van der Waals surface area contributed by atoms with E-state index in [1.807, 2.05) is 22.0 Å². The number of ether oxygens (including phenoxy) is 2. The molecule has 2 aromatic rings. The summed E-state index contributed by atoms with van der Waals surface area (Å²) in [5.74, 6) is 1.09. The number of carbonyl (C=O) groups excluding carboxylic acids is 3. The molecule has 2 amide bonds. The minimum absolute atomic E-state index is 0.0259. The molecule has 3 heterocycles. The van der Waals surface area contributed by atoms with Crippen LogP contribution in [0.4, 0.5) is 0 Å². The molecule has 0 spiro atoms. The SMILES string of the molecule is CCOC(=O)c1nn(-c2ccc(OC)cc2)c2c1CCN(C1C3CN(NC(=O)CCCCl)CC31)C2=O. The van der Waals surface area contributed by atoms with E-state index in [4.69, 9.17) is 21.1 Å². The van der Waals surface area contributed by atoms with Crippen LogP contribution < -0.4 is 10.2 Å². The fourth-order valence-corrected chi connectivity index (χ4v) is 5.58. The number of halogens is 1. The van der Waals surface area contributed by atoms with Gasteiger partial charge in [-0.25, -0.2) is 14.5 Å². The van der Waals surface area contributed by atoms with Gasteiger partial charge in [-0.2, -0.15) is 5.10 Å². The summed E-state index contributed by atoms with van der Waals surface area (Å²) in [5, 5.41) is 6.48. The van der Waals surface area contributed by atoms with Crippen molar-refractivity contribution < 1.29 is 23.9 Å². The third-order valence-electron chi connectivity index (χ3n) is 7.16. The van der Waals surface area contributed by atoms with E-state index in [-0.39, 0.29) is 30.2 Å². The number of rotatable bonds is 9. The van der Waals surface area contributed by atoms with E-state index in [1.54, 1.807) is 30.8 Å². The van der Waals surface area contributed by atoms with E-state index in [0.29, 0.717) is 79.3 Å². The first kappa shape index (κ1) is 24.6. The van der Waals surface area contributed by atoms with Crippen molar-refractivity contribution in [2.45, 2.75) is 32.2 Å². The molecule has 1 saturated carbocycles. The minimum Gasteiger partial charge on any atom is -0.497 e. The molecule has 1 aliphatic carbocycles. The van der Waals surface area contributed by atoms with Gasteiger partial charge in [0.1, 0.15) is 11.4 Å². The molecule has 0 bridgehead atoms. The minimum atomic E-state index is -0.522. The van der Waals surface area contributed by atoms with Crippen molar-refractivity contribution in [3.8, 4) is 11.4 Å². The number of nitrogens with zero attached hydrogens (tertiary/aromatic N) is 4. The molecule has 1 aromatic heterocycles. The molecule has 3 aliphatic rings. The van der Waals surface area contributed by atoms with Crippen molar-refractivity contribution in [3.63, 3.8) is 0 Å². The summed E-state index contributed by atoms with van der Waals surface area (Å²) < 4.78 is 12.0. The van der Waals surface area contributed by atoms with Crippen LogP contribution in [0.5, 0.6) is 5.75 Å². The summed E-state index contributed by atoms with van der Waals surface area (Å²) in [7, 11) is 1.59. The number of nitrogens with one attached hydrogen (secondary N) is 1. The van der Waals surface area contributed by atoms with Crippen LogP contribution in [0.15, 0.2) is 24.3 Å². The molecule has 11 heteroatoms. The number of hydrogen-bond donors (Lipinski definition) is 1. The number of hydrazine groups is 1. The van der Waals surface area contributed by atoms with Gasteiger partial charge in [0.2, 0.25) is 5.91 Å². The highest BCUT2D eigenvalue weighted by Gasteiger charge is 2.60. The third-order valence-corrected chi connectivity index (χ3v) is 7.43. The van der Waals surface area contributed by atoms with Crippen molar-refractivity contribution >= 4 is 29.4 Å². The average Bonchev–Trinajstić information content (AvgIpc) is 3.19. The molecule has 1 N–H and O–H groups in total. The maximum atomic E-state index is 13.8. The van der Waals surface area contributed by atoms with E-state index in [0.717, 1.165) is 0 Å². The predicted octanol–water partition coefficient (Wildman–Crippen LogP) is 2.04. The summed E-state index contributed by atoms with van der Waals surface area (Å²) in [5.41, 5.74) is 4.84. The Balaban J connectivity index is 1.36. The number of hydrogen-bond acceptors (Lipinski definition) is 7. The number of methoxy groups -OCH3 is 1. The lowest BCUT2D eigenvalue weighted by Crippen LogP contribution is -2.47. The van der Waals surface area contributed by atoms with Crippen molar-refractivity contribution in [3.05, 3.63) is 41.2 Å². The number of esters is 1. The van der Waals surface area contributed by atoms with Gasteiger partial charge in [-0.15, -0.1) is 11.6 Å². The maximum absolute atomic E-state index is 13.8. The van der Waals surface area contributed by atoms with Gasteiger partial charge in [0.25, 0.3) is 5.91 Å². The zero-order chi connectivity index (χ0) is 25.4. The van der Waals surface area contributed by atoms with E-state index in [9.17, 15) is 14.4 Å². The van der Waals surface area contributed by atoms with Gasteiger partial charge >= 0.3 is 5.97 Å². The topological polar surface area (TPSA) is 106 Å². The van der Waals surface area contributed by atoms with Crippen molar-refractivity contribution in [1.82, 2.24) is 25.1 Å². The molecule has 2 fully saturated rings. The Labute approximate surface area is 214 Å². The Morgan fingerprint density at radius 1 is 1.19 bits per heavy atom. The van der Waals surface area contributed by atoms with Crippen LogP contribution in [0.1, 0.15) is 46.3 Å². The Morgan fingerprint density at radius 3 is 2.56 bits per heavy atom. The predicted molar refractivity (Wildman–Crippen MR) is 131 cm³/mol. The van der Waals surface area contributed by atoms with Crippen LogP contribution in [0.2, 0.25) is 0 Å². The van der Waals surface area contributed by atoms with Gasteiger partial charge in [0.05, 0.1) is 19.4 Å². The maximum Gasteiger partial charge on any atom is 0.359 e. The second kappa shape index (κ2) is 10.1. The van der Waals surface area contributed by atoms with E-state index < -0.39 is 5.97 Å². The van der Waals surface area contributed by atoms with Crippen molar-refractivity contribution in [1.29, 1.82) is 0 Å². The van der Waals surface area contributed by atoms with Crippen LogP contribution in [0.25, 0.3) is 5.69 Å². The Morgan fingerprint density at radius 2 is 1.92 bits per heavy atom. The van der Waals surface area contributed by atoms with Crippen molar-refractivity contribution in [2.75, 3.05) is 39.2 Å². The molecular weight excluding hydrogens is 486 g/mol. The summed E-state index contributed by atoms with van der Waals surface area (Å²) in [6.07, 6.45) is 1.58.